The standard InChI is InChI=1S/C16H19N3O2/c1-16(19-18,11-15(17)20)12-6-5-9-14(10-12)21-13-7-3-2-4-8-13/h2-10,19H,11,18H2,1H3,(H2,17,20). The summed E-state index contributed by atoms with van der Waals surface area (Å²) in [6, 6.07) is 16.9. The SMILES string of the molecule is CC(CC(N)=O)(NN)c1cccc(Oc2ccccc2)c1. The zero-order chi connectivity index (χ0) is 15.3. The number of hydrogen-bond acceptors (Lipinski definition) is 4. The van der Waals surface area contributed by atoms with Crippen LogP contribution in [-0.4, -0.2) is 5.91 Å². The molecule has 5 nitrogen and oxygen atoms in total. The number of amides is 1. The molecule has 1 unspecified atom stereocenters. The molecule has 0 bridgehead atoms. The Balaban J connectivity index is 2.26. The smallest absolute Gasteiger partial charge is 0.219 e. The van der Waals surface area contributed by atoms with Crippen molar-refractivity contribution < 1.29 is 9.53 Å². The molecule has 21 heavy (non-hydrogen) atoms. The van der Waals surface area contributed by atoms with Crippen LogP contribution in [0.3, 0.4) is 0 Å². The molecule has 0 radical (unpaired) electrons. The summed E-state index contributed by atoms with van der Waals surface area (Å²) in [5.41, 5.74) is 8.04. The number of nitrogens with two attached hydrogens (primary N) is 2. The number of carbonyl (C=O) groups is 1. The molecular formula is C16H19N3O2. The molecule has 0 saturated carbocycles. The molecule has 1 atom stereocenters. The van der Waals surface area contributed by atoms with Crippen molar-refractivity contribution >= 4 is 5.91 Å². The van der Waals surface area contributed by atoms with E-state index in [1.54, 1.807) is 0 Å². The molecule has 0 aliphatic carbocycles. The van der Waals surface area contributed by atoms with Crippen LogP contribution >= 0.6 is 0 Å². The van der Waals surface area contributed by atoms with Crippen molar-refractivity contribution in [3.8, 4) is 11.5 Å². The molecule has 0 saturated heterocycles. The fourth-order valence-electron chi connectivity index (χ4n) is 2.11. The summed E-state index contributed by atoms with van der Waals surface area (Å²) in [5.74, 6) is 6.58. The lowest BCUT2D eigenvalue weighted by Crippen LogP contribution is -2.46. The Morgan fingerprint density at radius 3 is 2.43 bits per heavy atom. The second-order valence-corrected chi connectivity index (χ2v) is 5.06. The number of carbonyl (C=O) groups excluding carboxylic acids is 1. The van der Waals surface area contributed by atoms with E-state index in [-0.39, 0.29) is 6.42 Å². The van der Waals surface area contributed by atoms with Crippen LogP contribution in [0.5, 0.6) is 11.5 Å². The lowest BCUT2D eigenvalue weighted by molar-refractivity contribution is -0.119. The van der Waals surface area contributed by atoms with Gasteiger partial charge >= 0.3 is 0 Å². The van der Waals surface area contributed by atoms with E-state index in [9.17, 15) is 4.79 Å². The third-order valence-electron chi connectivity index (χ3n) is 3.30. The van der Waals surface area contributed by atoms with Crippen LogP contribution in [-0.2, 0) is 10.3 Å². The van der Waals surface area contributed by atoms with Gasteiger partial charge in [-0.2, -0.15) is 0 Å². The zero-order valence-corrected chi connectivity index (χ0v) is 11.9. The first-order valence-corrected chi connectivity index (χ1v) is 6.63. The lowest BCUT2D eigenvalue weighted by Gasteiger charge is -2.28. The first-order valence-electron chi connectivity index (χ1n) is 6.63. The maximum Gasteiger partial charge on any atom is 0.219 e. The van der Waals surface area contributed by atoms with Gasteiger partial charge in [-0.3, -0.25) is 10.6 Å². The molecular weight excluding hydrogens is 266 g/mol. The molecule has 2 rings (SSSR count). The van der Waals surface area contributed by atoms with Crippen LogP contribution in [0, 0.1) is 0 Å². The molecule has 110 valence electrons. The van der Waals surface area contributed by atoms with Gasteiger partial charge in [0.05, 0.1) is 5.54 Å². The minimum Gasteiger partial charge on any atom is -0.457 e. The van der Waals surface area contributed by atoms with Gasteiger partial charge in [0.1, 0.15) is 11.5 Å². The minimum atomic E-state index is -0.734. The fraction of sp³-hybridized carbons (Fsp3) is 0.188. The average molecular weight is 285 g/mol. The average Bonchev–Trinajstić information content (AvgIpc) is 2.48. The van der Waals surface area contributed by atoms with Gasteiger partial charge in [-0.15, -0.1) is 0 Å². The van der Waals surface area contributed by atoms with E-state index >= 15 is 0 Å². The third-order valence-corrected chi connectivity index (χ3v) is 3.30. The second kappa shape index (κ2) is 6.39. The number of rotatable bonds is 6. The van der Waals surface area contributed by atoms with Crippen LogP contribution in [0.4, 0.5) is 0 Å². The predicted octanol–water partition coefficient (Wildman–Crippen LogP) is 2.03. The number of para-hydroxylation sites is 1. The van der Waals surface area contributed by atoms with Gasteiger partial charge in [0, 0.05) is 6.42 Å². The van der Waals surface area contributed by atoms with Gasteiger partial charge in [0.2, 0.25) is 5.91 Å². The third kappa shape index (κ3) is 3.81. The monoisotopic (exact) mass is 285 g/mol. The van der Waals surface area contributed by atoms with Crippen molar-refractivity contribution in [3.63, 3.8) is 0 Å². The lowest BCUT2D eigenvalue weighted by atomic mass is 9.89. The molecule has 0 spiro atoms. The Morgan fingerprint density at radius 2 is 1.81 bits per heavy atom. The van der Waals surface area contributed by atoms with Crippen molar-refractivity contribution in [2.24, 2.45) is 11.6 Å². The molecule has 0 heterocycles. The van der Waals surface area contributed by atoms with Gasteiger partial charge in [-0.1, -0.05) is 30.3 Å². The van der Waals surface area contributed by atoms with Gasteiger partial charge in [-0.25, -0.2) is 5.43 Å². The quantitative estimate of drug-likeness (QED) is 0.559. The van der Waals surface area contributed by atoms with Crippen molar-refractivity contribution in [1.29, 1.82) is 0 Å². The zero-order valence-electron chi connectivity index (χ0n) is 11.9. The number of nitrogens with one attached hydrogen (secondary N) is 1. The van der Waals surface area contributed by atoms with E-state index < -0.39 is 11.4 Å². The summed E-state index contributed by atoms with van der Waals surface area (Å²) in [5, 5.41) is 0. The molecule has 0 aliphatic heterocycles. The molecule has 2 aromatic carbocycles. The summed E-state index contributed by atoms with van der Waals surface area (Å²) in [7, 11) is 0. The Morgan fingerprint density at radius 1 is 1.14 bits per heavy atom. The van der Waals surface area contributed by atoms with Crippen LogP contribution in [0.1, 0.15) is 18.9 Å². The van der Waals surface area contributed by atoms with E-state index in [1.807, 2.05) is 61.5 Å². The van der Waals surface area contributed by atoms with E-state index in [1.165, 1.54) is 0 Å². The van der Waals surface area contributed by atoms with E-state index in [0.29, 0.717) is 5.75 Å². The van der Waals surface area contributed by atoms with Crippen molar-refractivity contribution in [2.75, 3.05) is 0 Å². The summed E-state index contributed by atoms with van der Waals surface area (Å²) < 4.78 is 5.78. The number of hydrazine groups is 1. The highest BCUT2D eigenvalue weighted by Gasteiger charge is 2.27. The number of ether oxygens (including phenoxy) is 1. The largest absolute Gasteiger partial charge is 0.457 e. The molecule has 1 amide bonds. The number of hydrogen-bond donors (Lipinski definition) is 3. The van der Waals surface area contributed by atoms with E-state index in [4.69, 9.17) is 16.3 Å². The van der Waals surface area contributed by atoms with Gasteiger partial charge in [-0.05, 0) is 36.8 Å². The number of benzene rings is 2. The van der Waals surface area contributed by atoms with Crippen LogP contribution in [0.15, 0.2) is 54.6 Å². The highest BCUT2D eigenvalue weighted by molar-refractivity contribution is 5.75. The highest BCUT2D eigenvalue weighted by Crippen LogP contribution is 2.29. The van der Waals surface area contributed by atoms with Gasteiger partial charge < -0.3 is 10.5 Å². The second-order valence-electron chi connectivity index (χ2n) is 5.06. The van der Waals surface area contributed by atoms with Crippen molar-refractivity contribution in [3.05, 3.63) is 60.2 Å². The maximum atomic E-state index is 11.2. The molecule has 5 heteroatoms. The maximum absolute atomic E-state index is 11.2. The van der Waals surface area contributed by atoms with E-state index in [2.05, 4.69) is 5.43 Å². The number of primary amides is 1. The minimum absolute atomic E-state index is 0.0955. The normalized spacial score (nSPS) is 13.4. The first-order chi connectivity index (χ1) is 10.0. The van der Waals surface area contributed by atoms with Crippen molar-refractivity contribution in [1.82, 2.24) is 5.43 Å². The predicted molar refractivity (Wildman–Crippen MR) is 81.4 cm³/mol. The molecule has 0 aromatic heterocycles. The molecule has 0 aliphatic rings. The summed E-state index contributed by atoms with van der Waals surface area (Å²) >= 11 is 0. The van der Waals surface area contributed by atoms with Crippen LogP contribution in [0.2, 0.25) is 0 Å². The molecule has 5 N–H and O–H groups in total. The molecule has 0 fully saturated rings. The van der Waals surface area contributed by atoms with Gasteiger partial charge in [0.25, 0.3) is 0 Å². The first kappa shape index (κ1) is 15.0. The van der Waals surface area contributed by atoms with Crippen LogP contribution < -0.4 is 21.7 Å². The Bertz CT molecular complexity index is 616. The highest BCUT2D eigenvalue weighted by atomic mass is 16.5. The summed E-state index contributed by atoms with van der Waals surface area (Å²) in [6.07, 6.45) is 0.0955. The van der Waals surface area contributed by atoms with Gasteiger partial charge in [0.15, 0.2) is 0 Å². The Hall–Kier alpha value is -2.37. The Labute approximate surface area is 123 Å². The summed E-state index contributed by atoms with van der Waals surface area (Å²) in [6.45, 7) is 1.82. The van der Waals surface area contributed by atoms with Crippen LogP contribution in [0.25, 0.3) is 0 Å². The molecule has 2 aromatic rings. The summed E-state index contributed by atoms with van der Waals surface area (Å²) in [4.78, 5) is 11.2. The fourth-order valence-corrected chi connectivity index (χ4v) is 2.11. The van der Waals surface area contributed by atoms with Crippen molar-refractivity contribution in [2.45, 2.75) is 18.9 Å². The van der Waals surface area contributed by atoms with E-state index in [0.717, 1.165) is 11.3 Å². The topological polar surface area (TPSA) is 90.4 Å². The Kier molecular flexibility index (Phi) is 4.57.